The predicted octanol–water partition coefficient (Wildman–Crippen LogP) is 0.642. The maximum Gasteiger partial charge on any atom is 0.231 e. The van der Waals surface area contributed by atoms with E-state index in [-0.39, 0.29) is 13.2 Å². The zero-order valence-electron chi connectivity index (χ0n) is 7.95. The summed E-state index contributed by atoms with van der Waals surface area (Å²) in [6, 6.07) is 5.37. The van der Waals surface area contributed by atoms with E-state index in [4.69, 9.17) is 15.2 Å². The van der Waals surface area contributed by atoms with Gasteiger partial charge in [0.05, 0.1) is 6.42 Å². The van der Waals surface area contributed by atoms with Crippen molar-refractivity contribution in [1.82, 2.24) is 0 Å². The topological polar surface area (TPSA) is 61.6 Å². The molecule has 0 saturated heterocycles. The quantitative estimate of drug-likeness (QED) is 0.681. The van der Waals surface area contributed by atoms with E-state index in [0.29, 0.717) is 5.75 Å². The first kappa shape index (κ1) is 9.41. The Bertz CT molecular complexity index is 457. The maximum atomic E-state index is 10.5. The van der Waals surface area contributed by atoms with Crippen LogP contribution in [0.4, 0.5) is 0 Å². The van der Waals surface area contributed by atoms with E-state index in [0.717, 1.165) is 11.3 Å². The molecule has 2 rings (SSSR count). The number of benzene rings is 1. The van der Waals surface area contributed by atoms with Crippen LogP contribution in [0, 0.1) is 11.8 Å². The molecule has 1 amide bonds. The molecule has 0 saturated carbocycles. The van der Waals surface area contributed by atoms with Crippen molar-refractivity contribution in [3.8, 4) is 23.3 Å². The van der Waals surface area contributed by atoms with Crippen molar-refractivity contribution in [2.75, 3.05) is 6.79 Å². The predicted molar refractivity (Wildman–Crippen MR) is 53.3 cm³/mol. The van der Waals surface area contributed by atoms with Crippen LogP contribution in [0.2, 0.25) is 0 Å². The van der Waals surface area contributed by atoms with Crippen molar-refractivity contribution < 1.29 is 14.3 Å². The first-order valence-electron chi connectivity index (χ1n) is 4.42. The van der Waals surface area contributed by atoms with E-state index >= 15 is 0 Å². The molecule has 1 aromatic rings. The van der Waals surface area contributed by atoms with Crippen LogP contribution < -0.4 is 15.2 Å². The Labute approximate surface area is 87.0 Å². The Kier molecular flexibility index (Phi) is 2.46. The summed E-state index contributed by atoms with van der Waals surface area (Å²) in [5.41, 5.74) is 5.74. The summed E-state index contributed by atoms with van der Waals surface area (Å²) < 4.78 is 10.3. The third kappa shape index (κ3) is 2.20. The molecule has 0 fully saturated rings. The van der Waals surface area contributed by atoms with Gasteiger partial charge >= 0.3 is 0 Å². The van der Waals surface area contributed by atoms with Gasteiger partial charge in [0.1, 0.15) is 0 Å². The molecule has 1 aromatic carbocycles. The van der Waals surface area contributed by atoms with Gasteiger partial charge in [0.2, 0.25) is 12.7 Å². The highest BCUT2D eigenvalue weighted by Gasteiger charge is 2.12. The second kappa shape index (κ2) is 3.93. The highest BCUT2D eigenvalue weighted by Crippen LogP contribution is 2.32. The van der Waals surface area contributed by atoms with Crippen molar-refractivity contribution in [3.05, 3.63) is 23.8 Å². The van der Waals surface area contributed by atoms with E-state index in [1.807, 2.05) is 6.07 Å². The van der Waals surface area contributed by atoms with Gasteiger partial charge in [0.15, 0.2) is 11.5 Å². The van der Waals surface area contributed by atoms with E-state index in [1.54, 1.807) is 12.1 Å². The number of rotatable bonds is 1. The Morgan fingerprint density at radius 2 is 2.20 bits per heavy atom. The molecule has 1 aliphatic heterocycles. The standard InChI is InChI=1S/C11H9NO3/c12-11(13)3-1-2-8-4-5-9-10(6-8)15-7-14-9/h4-6H,3,7H2,(H2,12,13). The van der Waals surface area contributed by atoms with Crippen molar-refractivity contribution >= 4 is 5.91 Å². The van der Waals surface area contributed by atoms with Crippen LogP contribution in [0.15, 0.2) is 18.2 Å². The Morgan fingerprint density at radius 3 is 3.00 bits per heavy atom. The summed E-state index contributed by atoms with van der Waals surface area (Å²) >= 11 is 0. The third-order valence-corrected chi connectivity index (χ3v) is 1.87. The SMILES string of the molecule is NC(=O)CC#Cc1ccc2c(c1)OCO2. The molecular weight excluding hydrogens is 194 g/mol. The highest BCUT2D eigenvalue weighted by molar-refractivity contribution is 5.76. The lowest BCUT2D eigenvalue weighted by Gasteiger charge is -1.95. The van der Waals surface area contributed by atoms with Crippen LogP contribution in [0.3, 0.4) is 0 Å². The second-order valence-corrected chi connectivity index (χ2v) is 3.01. The summed E-state index contributed by atoms with van der Waals surface area (Å²) in [4.78, 5) is 10.5. The van der Waals surface area contributed by atoms with Crippen LogP contribution in [0.5, 0.6) is 11.5 Å². The van der Waals surface area contributed by atoms with Gasteiger partial charge in [-0.15, -0.1) is 0 Å². The Balaban J connectivity index is 2.15. The lowest BCUT2D eigenvalue weighted by molar-refractivity contribution is -0.117. The smallest absolute Gasteiger partial charge is 0.231 e. The second-order valence-electron chi connectivity index (χ2n) is 3.01. The monoisotopic (exact) mass is 203 g/mol. The largest absolute Gasteiger partial charge is 0.454 e. The molecular formula is C11H9NO3. The van der Waals surface area contributed by atoms with Crippen molar-refractivity contribution in [2.45, 2.75) is 6.42 Å². The number of amides is 1. The number of nitrogens with two attached hydrogens (primary N) is 1. The molecule has 15 heavy (non-hydrogen) atoms. The molecule has 0 aromatic heterocycles. The van der Waals surface area contributed by atoms with Crippen LogP contribution in [-0.4, -0.2) is 12.7 Å². The van der Waals surface area contributed by atoms with E-state index < -0.39 is 5.91 Å². The van der Waals surface area contributed by atoms with Gasteiger partial charge in [-0.05, 0) is 18.2 Å². The average molecular weight is 203 g/mol. The van der Waals surface area contributed by atoms with Gasteiger partial charge in [0.25, 0.3) is 0 Å². The van der Waals surface area contributed by atoms with Crippen molar-refractivity contribution in [2.24, 2.45) is 5.73 Å². The van der Waals surface area contributed by atoms with Crippen LogP contribution >= 0.6 is 0 Å². The molecule has 4 nitrogen and oxygen atoms in total. The van der Waals surface area contributed by atoms with Crippen LogP contribution in [-0.2, 0) is 4.79 Å². The maximum absolute atomic E-state index is 10.5. The summed E-state index contributed by atoms with van der Waals surface area (Å²) in [7, 11) is 0. The summed E-state index contributed by atoms with van der Waals surface area (Å²) in [5, 5.41) is 0. The van der Waals surface area contributed by atoms with Crippen LogP contribution in [0.25, 0.3) is 0 Å². The van der Waals surface area contributed by atoms with Gasteiger partial charge in [-0.3, -0.25) is 4.79 Å². The zero-order valence-corrected chi connectivity index (χ0v) is 7.95. The van der Waals surface area contributed by atoms with Crippen molar-refractivity contribution in [3.63, 3.8) is 0 Å². The molecule has 4 heteroatoms. The number of hydrogen-bond donors (Lipinski definition) is 1. The Morgan fingerprint density at radius 1 is 1.40 bits per heavy atom. The van der Waals surface area contributed by atoms with Gasteiger partial charge < -0.3 is 15.2 Å². The third-order valence-electron chi connectivity index (χ3n) is 1.87. The highest BCUT2D eigenvalue weighted by atomic mass is 16.7. The molecule has 0 atom stereocenters. The fourth-order valence-electron chi connectivity index (χ4n) is 1.21. The minimum absolute atomic E-state index is 0.0639. The molecule has 0 radical (unpaired) electrons. The lowest BCUT2D eigenvalue weighted by Crippen LogP contribution is -2.08. The van der Waals surface area contributed by atoms with Gasteiger partial charge in [-0.25, -0.2) is 0 Å². The molecule has 0 bridgehead atoms. The first-order chi connectivity index (χ1) is 7.25. The summed E-state index contributed by atoms with van der Waals surface area (Å²) in [6.07, 6.45) is 0.0639. The molecule has 0 spiro atoms. The van der Waals surface area contributed by atoms with E-state index in [2.05, 4.69) is 11.8 Å². The molecule has 1 heterocycles. The van der Waals surface area contributed by atoms with Gasteiger partial charge in [0, 0.05) is 5.56 Å². The molecule has 0 unspecified atom stereocenters. The fraction of sp³-hybridized carbons (Fsp3) is 0.182. The number of fused-ring (bicyclic) bond motifs is 1. The number of carbonyl (C=O) groups is 1. The number of primary amides is 1. The molecule has 1 aliphatic rings. The summed E-state index contributed by atoms with van der Waals surface area (Å²) in [5.74, 6) is 6.46. The lowest BCUT2D eigenvalue weighted by atomic mass is 10.2. The average Bonchev–Trinajstić information content (AvgIpc) is 2.64. The number of ether oxygens (including phenoxy) is 2. The van der Waals surface area contributed by atoms with Crippen LogP contribution in [0.1, 0.15) is 12.0 Å². The normalized spacial score (nSPS) is 11.7. The molecule has 2 N–H and O–H groups in total. The summed E-state index contributed by atoms with van der Waals surface area (Å²) in [6.45, 7) is 0.244. The number of hydrogen-bond acceptors (Lipinski definition) is 3. The molecule has 76 valence electrons. The van der Waals surface area contributed by atoms with E-state index in [9.17, 15) is 4.79 Å². The number of carbonyl (C=O) groups excluding carboxylic acids is 1. The van der Waals surface area contributed by atoms with Crippen molar-refractivity contribution in [1.29, 1.82) is 0 Å². The molecule has 0 aliphatic carbocycles. The Hall–Kier alpha value is -2.15. The first-order valence-corrected chi connectivity index (χ1v) is 4.42. The minimum atomic E-state index is -0.428. The minimum Gasteiger partial charge on any atom is -0.454 e. The van der Waals surface area contributed by atoms with Gasteiger partial charge in [-0.1, -0.05) is 11.8 Å². The van der Waals surface area contributed by atoms with E-state index in [1.165, 1.54) is 0 Å². The fourth-order valence-corrected chi connectivity index (χ4v) is 1.21. The van der Waals surface area contributed by atoms with Gasteiger partial charge in [-0.2, -0.15) is 0 Å². The zero-order chi connectivity index (χ0) is 10.7.